The summed E-state index contributed by atoms with van der Waals surface area (Å²) in [6, 6.07) is 11.9. The zero-order chi connectivity index (χ0) is 20.7. The third-order valence-corrected chi connectivity index (χ3v) is 6.44. The molecule has 2 saturated heterocycles. The summed E-state index contributed by atoms with van der Waals surface area (Å²) in [4.78, 5) is 29.8. The third-order valence-electron chi connectivity index (χ3n) is 6.44. The van der Waals surface area contributed by atoms with Crippen molar-refractivity contribution in [1.82, 2.24) is 19.2 Å². The number of hydrogen-bond acceptors (Lipinski definition) is 4. The van der Waals surface area contributed by atoms with Gasteiger partial charge in [0.15, 0.2) is 0 Å². The number of aryl methyl sites for hydroxylation is 1. The standard InChI is InChI=1S/C23H27N5O2/c1-17-12-18-6-2-3-8-21(18)27(17)16-23(30)26-9-4-7-19(15-26)28-22(29)13-20(14-24-28)25-10-5-11-25/h2-3,6,8,12-14,19H,4-5,7,9-11,15-16H2,1H3. The van der Waals surface area contributed by atoms with Gasteiger partial charge in [0.1, 0.15) is 6.54 Å². The highest BCUT2D eigenvalue weighted by Gasteiger charge is 2.27. The van der Waals surface area contributed by atoms with Crippen LogP contribution in [-0.2, 0) is 11.3 Å². The van der Waals surface area contributed by atoms with Gasteiger partial charge in [-0.1, -0.05) is 18.2 Å². The van der Waals surface area contributed by atoms with Crippen LogP contribution in [0.15, 0.2) is 47.4 Å². The average Bonchev–Trinajstić information content (AvgIpc) is 3.02. The van der Waals surface area contributed by atoms with E-state index in [2.05, 4.69) is 32.8 Å². The molecular formula is C23H27N5O2. The zero-order valence-electron chi connectivity index (χ0n) is 17.3. The first-order valence-electron chi connectivity index (χ1n) is 10.8. The van der Waals surface area contributed by atoms with Gasteiger partial charge in [-0.15, -0.1) is 0 Å². The molecule has 5 rings (SSSR count). The van der Waals surface area contributed by atoms with Crippen molar-refractivity contribution < 1.29 is 4.79 Å². The summed E-state index contributed by atoms with van der Waals surface area (Å²) in [5.41, 5.74) is 2.99. The number of para-hydroxylation sites is 1. The van der Waals surface area contributed by atoms with Crippen molar-refractivity contribution in [2.45, 2.75) is 38.8 Å². The molecule has 2 aliphatic rings. The van der Waals surface area contributed by atoms with Crippen LogP contribution in [0.25, 0.3) is 10.9 Å². The smallest absolute Gasteiger partial charge is 0.269 e. The monoisotopic (exact) mass is 405 g/mol. The molecule has 3 aromatic rings. The molecule has 2 aliphatic heterocycles. The second kappa shape index (κ2) is 7.63. The van der Waals surface area contributed by atoms with Crippen molar-refractivity contribution >= 4 is 22.5 Å². The lowest BCUT2D eigenvalue weighted by Crippen LogP contribution is -2.45. The van der Waals surface area contributed by atoms with E-state index in [4.69, 9.17) is 0 Å². The number of nitrogens with zero attached hydrogens (tertiary/aromatic N) is 5. The molecule has 0 N–H and O–H groups in total. The second-order valence-electron chi connectivity index (χ2n) is 8.40. The summed E-state index contributed by atoms with van der Waals surface area (Å²) >= 11 is 0. The van der Waals surface area contributed by atoms with E-state index in [1.54, 1.807) is 16.9 Å². The topological polar surface area (TPSA) is 63.4 Å². The molecule has 7 nitrogen and oxygen atoms in total. The first-order chi connectivity index (χ1) is 14.6. The highest BCUT2D eigenvalue weighted by Crippen LogP contribution is 2.23. The minimum Gasteiger partial charge on any atom is -0.370 e. The number of fused-ring (bicyclic) bond motifs is 1. The summed E-state index contributed by atoms with van der Waals surface area (Å²) in [7, 11) is 0. The summed E-state index contributed by atoms with van der Waals surface area (Å²) in [6.07, 6.45) is 4.70. The summed E-state index contributed by atoms with van der Waals surface area (Å²) in [6.45, 7) is 5.60. The fourth-order valence-electron chi connectivity index (χ4n) is 4.60. The Morgan fingerprint density at radius 1 is 1.13 bits per heavy atom. The van der Waals surface area contributed by atoms with Gasteiger partial charge >= 0.3 is 0 Å². The Bertz CT molecular complexity index is 1140. The number of likely N-dealkylation sites (tertiary alicyclic amines) is 1. The predicted octanol–water partition coefficient (Wildman–Crippen LogP) is 2.58. The number of aromatic nitrogens is 3. The van der Waals surface area contributed by atoms with Crippen LogP contribution in [0.3, 0.4) is 0 Å². The maximum Gasteiger partial charge on any atom is 0.269 e. The van der Waals surface area contributed by atoms with Crippen LogP contribution < -0.4 is 10.5 Å². The molecule has 0 aliphatic carbocycles. The van der Waals surface area contributed by atoms with E-state index in [0.29, 0.717) is 13.1 Å². The summed E-state index contributed by atoms with van der Waals surface area (Å²) in [5.74, 6) is 0.0920. The van der Waals surface area contributed by atoms with Crippen molar-refractivity contribution in [3.63, 3.8) is 0 Å². The minimum atomic E-state index is -0.0778. The van der Waals surface area contributed by atoms with Crippen LogP contribution in [-0.4, -0.2) is 51.3 Å². The van der Waals surface area contributed by atoms with Crippen molar-refractivity contribution in [2.75, 3.05) is 31.1 Å². The Balaban J connectivity index is 1.32. The first kappa shape index (κ1) is 18.9. The highest BCUT2D eigenvalue weighted by molar-refractivity contribution is 5.84. The normalized spacial score (nSPS) is 19.2. The molecule has 1 atom stereocenters. The maximum atomic E-state index is 13.1. The van der Waals surface area contributed by atoms with Gasteiger partial charge in [-0.05, 0) is 43.7 Å². The SMILES string of the molecule is Cc1cc2ccccc2n1CC(=O)N1CCCC(n2ncc(N3CCC3)cc2=O)C1. The van der Waals surface area contributed by atoms with Gasteiger partial charge in [0.05, 0.1) is 17.9 Å². The number of carbonyl (C=O) groups excluding carboxylic acids is 1. The summed E-state index contributed by atoms with van der Waals surface area (Å²) in [5, 5.41) is 5.60. The van der Waals surface area contributed by atoms with E-state index in [9.17, 15) is 9.59 Å². The van der Waals surface area contributed by atoms with Crippen LogP contribution in [0, 0.1) is 6.92 Å². The Morgan fingerprint density at radius 3 is 2.73 bits per heavy atom. The Morgan fingerprint density at radius 2 is 1.97 bits per heavy atom. The van der Waals surface area contributed by atoms with E-state index in [1.165, 1.54) is 6.42 Å². The Labute approximate surface area is 175 Å². The average molecular weight is 406 g/mol. The lowest BCUT2D eigenvalue weighted by Gasteiger charge is -2.34. The molecule has 7 heteroatoms. The third kappa shape index (κ3) is 3.38. The Kier molecular flexibility index (Phi) is 4.81. The number of benzene rings is 1. The molecule has 0 radical (unpaired) electrons. The molecule has 4 heterocycles. The van der Waals surface area contributed by atoms with E-state index in [1.807, 2.05) is 24.0 Å². The van der Waals surface area contributed by atoms with Gasteiger partial charge in [0, 0.05) is 43.5 Å². The van der Waals surface area contributed by atoms with E-state index >= 15 is 0 Å². The molecule has 156 valence electrons. The number of rotatable bonds is 4. The largest absolute Gasteiger partial charge is 0.370 e. The van der Waals surface area contributed by atoms with E-state index in [0.717, 1.165) is 54.8 Å². The molecule has 2 aromatic heterocycles. The second-order valence-corrected chi connectivity index (χ2v) is 8.40. The van der Waals surface area contributed by atoms with Gasteiger partial charge in [0.25, 0.3) is 5.56 Å². The molecule has 1 amide bonds. The molecule has 0 saturated carbocycles. The molecular weight excluding hydrogens is 378 g/mol. The van der Waals surface area contributed by atoms with Crippen molar-refractivity contribution in [3.8, 4) is 0 Å². The lowest BCUT2D eigenvalue weighted by atomic mass is 10.1. The molecule has 0 bridgehead atoms. The van der Waals surface area contributed by atoms with Crippen LogP contribution in [0.5, 0.6) is 0 Å². The van der Waals surface area contributed by atoms with Crippen molar-refractivity contribution in [2.24, 2.45) is 0 Å². The number of piperidine rings is 1. The molecule has 2 fully saturated rings. The van der Waals surface area contributed by atoms with Crippen LogP contribution in [0.2, 0.25) is 0 Å². The van der Waals surface area contributed by atoms with Crippen molar-refractivity contribution in [3.05, 3.63) is 58.6 Å². The van der Waals surface area contributed by atoms with Gasteiger partial charge in [-0.2, -0.15) is 5.10 Å². The van der Waals surface area contributed by atoms with Gasteiger partial charge in [-0.25, -0.2) is 4.68 Å². The number of carbonyl (C=O) groups is 1. The van der Waals surface area contributed by atoms with Crippen LogP contribution in [0.4, 0.5) is 5.69 Å². The first-order valence-corrected chi connectivity index (χ1v) is 10.8. The van der Waals surface area contributed by atoms with Crippen LogP contribution >= 0.6 is 0 Å². The fourth-order valence-corrected chi connectivity index (χ4v) is 4.60. The van der Waals surface area contributed by atoms with E-state index < -0.39 is 0 Å². The minimum absolute atomic E-state index is 0.0665. The van der Waals surface area contributed by atoms with Gasteiger partial charge in [0.2, 0.25) is 5.91 Å². The fraction of sp³-hybridized carbons (Fsp3) is 0.435. The Hall–Kier alpha value is -3.09. The zero-order valence-corrected chi connectivity index (χ0v) is 17.3. The maximum absolute atomic E-state index is 13.1. The summed E-state index contributed by atoms with van der Waals surface area (Å²) < 4.78 is 3.65. The number of anilines is 1. The molecule has 1 unspecified atom stereocenters. The number of hydrogen-bond donors (Lipinski definition) is 0. The van der Waals surface area contributed by atoms with Gasteiger partial charge in [-0.3, -0.25) is 9.59 Å². The van der Waals surface area contributed by atoms with Gasteiger partial charge < -0.3 is 14.4 Å². The van der Waals surface area contributed by atoms with Crippen molar-refractivity contribution in [1.29, 1.82) is 0 Å². The highest BCUT2D eigenvalue weighted by atomic mass is 16.2. The van der Waals surface area contributed by atoms with E-state index in [-0.39, 0.29) is 17.5 Å². The molecule has 30 heavy (non-hydrogen) atoms. The van der Waals surface area contributed by atoms with Crippen LogP contribution in [0.1, 0.15) is 31.0 Å². The quantitative estimate of drug-likeness (QED) is 0.669. The molecule has 0 spiro atoms. The predicted molar refractivity (Wildman–Crippen MR) is 117 cm³/mol. The molecule has 1 aromatic carbocycles. The number of amides is 1. The lowest BCUT2D eigenvalue weighted by molar-refractivity contribution is -0.133.